The Kier molecular flexibility index (Phi) is 6.16. The van der Waals surface area contributed by atoms with Crippen molar-refractivity contribution in [3.05, 3.63) is 29.8 Å². The zero-order valence-electron chi connectivity index (χ0n) is 9.53. The third-order valence-corrected chi connectivity index (χ3v) is 2.08. The molecule has 0 saturated carbocycles. The van der Waals surface area contributed by atoms with Crippen molar-refractivity contribution in [1.82, 2.24) is 5.32 Å². The molecule has 0 atom stereocenters. The quantitative estimate of drug-likeness (QED) is 0.525. The highest BCUT2D eigenvalue weighted by Crippen LogP contribution is 1.99. The summed E-state index contributed by atoms with van der Waals surface area (Å²) in [6, 6.07) is 8.28. The Morgan fingerprint density at radius 3 is 2.60 bits per heavy atom. The van der Waals surface area contributed by atoms with Crippen LogP contribution in [0.2, 0.25) is 0 Å². The zero-order chi connectivity index (χ0) is 10.9. The van der Waals surface area contributed by atoms with Crippen molar-refractivity contribution in [1.29, 1.82) is 0 Å². The Morgan fingerprint density at radius 1 is 1.33 bits per heavy atom. The van der Waals surface area contributed by atoms with Gasteiger partial charge in [0.25, 0.3) is 0 Å². The van der Waals surface area contributed by atoms with Gasteiger partial charge in [0.1, 0.15) is 0 Å². The van der Waals surface area contributed by atoms with Gasteiger partial charge < -0.3 is 14.8 Å². The number of nitrogens with one attached hydrogen (secondary N) is 1. The van der Waals surface area contributed by atoms with Crippen LogP contribution < -0.4 is 5.32 Å². The molecule has 15 heavy (non-hydrogen) atoms. The summed E-state index contributed by atoms with van der Waals surface area (Å²) >= 11 is 0. The molecule has 0 spiro atoms. The molecule has 1 N–H and O–H groups in total. The fourth-order valence-corrected chi connectivity index (χ4v) is 1.40. The maximum absolute atomic E-state index is 5.42. The van der Waals surface area contributed by atoms with E-state index in [1.165, 1.54) is 5.56 Å². The number of ether oxygens (including phenoxy) is 2. The van der Waals surface area contributed by atoms with E-state index >= 15 is 0 Å². The Bertz CT molecular complexity index is 228. The second-order valence-electron chi connectivity index (χ2n) is 3.26. The molecular formula is C12H20NO2-. The first kappa shape index (κ1) is 12.3. The molecule has 0 heterocycles. The van der Waals surface area contributed by atoms with Crippen molar-refractivity contribution >= 4 is 0 Å². The first-order valence-corrected chi connectivity index (χ1v) is 5.51. The summed E-state index contributed by atoms with van der Waals surface area (Å²) in [6.07, 6.45) is -0.130. The molecule has 0 aromatic heterocycles. The van der Waals surface area contributed by atoms with E-state index in [2.05, 4.69) is 17.4 Å². The predicted octanol–water partition coefficient (Wildman–Crippen LogP) is 1.89. The lowest BCUT2D eigenvalue weighted by atomic mass is 10.3. The van der Waals surface area contributed by atoms with Gasteiger partial charge >= 0.3 is 0 Å². The molecule has 0 aliphatic carbocycles. The fourth-order valence-electron chi connectivity index (χ4n) is 1.40. The highest BCUT2D eigenvalue weighted by Gasteiger charge is 2.05. The van der Waals surface area contributed by atoms with Crippen molar-refractivity contribution in [3.8, 4) is 0 Å². The number of rotatable bonds is 8. The molecule has 0 saturated heterocycles. The maximum atomic E-state index is 5.42. The molecular weight excluding hydrogens is 190 g/mol. The van der Waals surface area contributed by atoms with Gasteiger partial charge in [0.05, 0.1) is 0 Å². The summed E-state index contributed by atoms with van der Waals surface area (Å²) in [6.45, 7) is 6.91. The van der Waals surface area contributed by atoms with Gasteiger partial charge in [-0.25, -0.2) is 6.07 Å². The maximum Gasteiger partial charge on any atom is 0.169 e. The molecule has 0 bridgehead atoms. The van der Waals surface area contributed by atoms with E-state index in [-0.39, 0.29) is 6.29 Å². The minimum Gasteiger partial charge on any atom is -0.352 e. The van der Waals surface area contributed by atoms with Crippen LogP contribution in [0.4, 0.5) is 0 Å². The monoisotopic (exact) mass is 210 g/mol. The summed E-state index contributed by atoms with van der Waals surface area (Å²) in [5.41, 5.74) is 1.29. The lowest BCUT2D eigenvalue weighted by molar-refractivity contribution is -0.133. The van der Waals surface area contributed by atoms with Crippen molar-refractivity contribution in [2.45, 2.75) is 26.7 Å². The highest BCUT2D eigenvalue weighted by molar-refractivity contribution is 5.15. The minimum absolute atomic E-state index is 0.130. The smallest absolute Gasteiger partial charge is 0.169 e. The lowest BCUT2D eigenvalue weighted by Crippen LogP contribution is -2.31. The Hall–Kier alpha value is -0.770. The van der Waals surface area contributed by atoms with Crippen LogP contribution in [-0.4, -0.2) is 26.0 Å². The lowest BCUT2D eigenvalue weighted by Gasteiger charge is -2.18. The van der Waals surface area contributed by atoms with Crippen molar-refractivity contribution in [2.24, 2.45) is 0 Å². The second kappa shape index (κ2) is 7.51. The SMILES string of the molecule is CCOC(CNCc1cc[cH-]c1)OCC. The van der Waals surface area contributed by atoms with E-state index in [1.807, 2.05) is 26.0 Å². The van der Waals surface area contributed by atoms with E-state index in [9.17, 15) is 0 Å². The Labute approximate surface area is 91.8 Å². The molecule has 0 amide bonds. The van der Waals surface area contributed by atoms with Crippen LogP contribution in [0.3, 0.4) is 0 Å². The predicted molar refractivity (Wildman–Crippen MR) is 60.8 cm³/mol. The van der Waals surface area contributed by atoms with Gasteiger partial charge in [0.15, 0.2) is 6.29 Å². The number of hydrogen-bond donors (Lipinski definition) is 1. The highest BCUT2D eigenvalue weighted by atomic mass is 16.7. The molecule has 0 aliphatic heterocycles. The fraction of sp³-hybridized carbons (Fsp3) is 0.583. The summed E-state index contributed by atoms with van der Waals surface area (Å²) in [5, 5.41) is 3.31. The average Bonchev–Trinajstić information content (AvgIpc) is 2.71. The Morgan fingerprint density at radius 2 is 2.07 bits per heavy atom. The van der Waals surface area contributed by atoms with Crippen molar-refractivity contribution in [2.75, 3.05) is 19.8 Å². The minimum atomic E-state index is -0.130. The van der Waals surface area contributed by atoms with Gasteiger partial charge in [-0.15, -0.1) is 0 Å². The van der Waals surface area contributed by atoms with Crippen LogP contribution in [0.15, 0.2) is 24.3 Å². The molecule has 0 aliphatic rings. The van der Waals surface area contributed by atoms with E-state index in [4.69, 9.17) is 9.47 Å². The van der Waals surface area contributed by atoms with Crippen LogP contribution in [0.25, 0.3) is 0 Å². The van der Waals surface area contributed by atoms with E-state index < -0.39 is 0 Å². The summed E-state index contributed by atoms with van der Waals surface area (Å²) in [4.78, 5) is 0. The van der Waals surface area contributed by atoms with Crippen LogP contribution >= 0.6 is 0 Å². The largest absolute Gasteiger partial charge is 0.352 e. The molecule has 1 aromatic carbocycles. The molecule has 1 rings (SSSR count). The summed E-state index contributed by atoms with van der Waals surface area (Å²) in [7, 11) is 0. The normalized spacial score (nSPS) is 11.1. The molecule has 86 valence electrons. The standard InChI is InChI=1S/C12H20NO2/c1-3-14-12(15-4-2)10-13-9-11-7-5-6-8-11/h5-8,12-13H,3-4,9-10H2,1-2H3/q-1. The van der Waals surface area contributed by atoms with E-state index in [0.717, 1.165) is 13.1 Å². The van der Waals surface area contributed by atoms with Gasteiger partial charge in [0, 0.05) is 19.8 Å². The van der Waals surface area contributed by atoms with Crippen molar-refractivity contribution in [3.63, 3.8) is 0 Å². The van der Waals surface area contributed by atoms with Crippen molar-refractivity contribution < 1.29 is 9.47 Å². The Balaban J connectivity index is 2.15. The van der Waals surface area contributed by atoms with Gasteiger partial charge in [0.2, 0.25) is 0 Å². The third-order valence-electron chi connectivity index (χ3n) is 2.08. The summed E-state index contributed by atoms with van der Waals surface area (Å²) in [5.74, 6) is 0. The van der Waals surface area contributed by atoms with Crippen LogP contribution in [0.1, 0.15) is 19.4 Å². The average molecular weight is 210 g/mol. The van der Waals surface area contributed by atoms with Gasteiger partial charge in [-0.3, -0.25) is 0 Å². The zero-order valence-corrected chi connectivity index (χ0v) is 9.53. The van der Waals surface area contributed by atoms with Crippen LogP contribution in [0.5, 0.6) is 0 Å². The first-order valence-electron chi connectivity index (χ1n) is 5.51. The van der Waals surface area contributed by atoms with Gasteiger partial charge in [-0.2, -0.15) is 23.8 Å². The molecule has 3 heteroatoms. The third kappa shape index (κ3) is 5.02. The van der Waals surface area contributed by atoms with Gasteiger partial charge in [-0.1, -0.05) is 0 Å². The van der Waals surface area contributed by atoms with Gasteiger partial charge in [-0.05, 0) is 20.4 Å². The summed E-state index contributed by atoms with van der Waals surface area (Å²) < 4.78 is 10.8. The van der Waals surface area contributed by atoms with Crippen LogP contribution in [0, 0.1) is 0 Å². The molecule has 3 nitrogen and oxygen atoms in total. The van der Waals surface area contributed by atoms with Crippen LogP contribution in [-0.2, 0) is 16.0 Å². The topological polar surface area (TPSA) is 30.5 Å². The second-order valence-corrected chi connectivity index (χ2v) is 3.26. The van der Waals surface area contributed by atoms with E-state index in [0.29, 0.717) is 13.2 Å². The van der Waals surface area contributed by atoms with E-state index in [1.54, 1.807) is 0 Å². The molecule has 0 unspecified atom stereocenters. The molecule has 1 aromatic rings. The molecule has 0 radical (unpaired) electrons. The first-order chi connectivity index (χ1) is 7.36. The number of hydrogen-bond acceptors (Lipinski definition) is 3. The molecule has 0 fully saturated rings.